The number of anilines is 2. The molecule has 0 fully saturated rings. The Bertz CT molecular complexity index is 514. The van der Waals surface area contributed by atoms with Crippen LogP contribution in [0.4, 0.5) is 16.0 Å². The van der Waals surface area contributed by atoms with Gasteiger partial charge in [0.05, 0.1) is 0 Å². The third-order valence-electron chi connectivity index (χ3n) is 2.66. The smallest absolute Gasteiger partial charge is 0.128 e. The molecule has 0 spiro atoms. The van der Waals surface area contributed by atoms with E-state index in [1.807, 2.05) is 31.3 Å². The summed E-state index contributed by atoms with van der Waals surface area (Å²) in [7, 11) is 1.82. The van der Waals surface area contributed by atoms with E-state index in [4.69, 9.17) is 0 Å². The Hall–Kier alpha value is -2.10. The molecule has 0 unspecified atom stereocenters. The predicted molar refractivity (Wildman–Crippen MR) is 72.4 cm³/mol. The molecule has 3 nitrogen and oxygen atoms in total. The highest BCUT2D eigenvalue weighted by Crippen LogP contribution is 2.10. The van der Waals surface area contributed by atoms with Crippen LogP contribution in [0.25, 0.3) is 0 Å². The molecule has 0 aliphatic heterocycles. The van der Waals surface area contributed by atoms with E-state index in [0.29, 0.717) is 13.0 Å². The van der Waals surface area contributed by atoms with E-state index in [0.717, 1.165) is 17.2 Å². The fourth-order valence-corrected chi connectivity index (χ4v) is 1.70. The summed E-state index contributed by atoms with van der Waals surface area (Å²) < 4.78 is 13.4. The molecule has 0 saturated heterocycles. The monoisotopic (exact) mass is 245 g/mol. The van der Waals surface area contributed by atoms with Crippen molar-refractivity contribution in [2.45, 2.75) is 6.42 Å². The first-order valence-corrected chi connectivity index (χ1v) is 5.91. The molecule has 0 amide bonds. The minimum absolute atomic E-state index is 0.156. The third kappa shape index (κ3) is 3.20. The van der Waals surface area contributed by atoms with Crippen LogP contribution in [0.3, 0.4) is 0 Å². The van der Waals surface area contributed by atoms with Gasteiger partial charge in [-0.15, -0.1) is 0 Å². The number of benzene rings is 1. The average Bonchev–Trinajstić information content (AvgIpc) is 2.41. The van der Waals surface area contributed by atoms with Crippen molar-refractivity contribution >= 4 is 11.6 Å². The predicted octanol–water partition coefficient (Wildman–Crippen LogP) is 2.92. The summed E-state index contributed by atoms with van der Waals surface area (Å²) in [6.07, 6.45) is 0.637. The number of nitrogens with one attached hydrogen (secondary N) is 2. The third-order valence-corrected chi connectivity index (χ3v) is 2.66. The van der Waals surface area contributed by atoms with Gasteiger partial charge in [-0.1, -0.05) is 24.3 Å². The number of hydrogen-bond donors (Lipinski definition) is 2. The normalized spacial score (nSPS) is 10.1. The molecular weight excluding hydrogens is 229 g/mol. The van der Waals surface area contributed by atoms with Crippen molar-refractivity contribution in [2.75, 3.05) is 24.2 Å². The maximum Gasteiger partial charge on any atom is 0.128 e. The first-order chi connectivity index (χ1) is 8.79. The van der Waals surface area contributed by atoms with Crippen molar-refractivity contribution in [3.05, 3.63) is 53.8 Å². The van der Waals surface area contributed by atoms with Gasteiger partial charge in [0, 0.05) is 13.6 Å². The van der Waals surface area contributed by atoms with Crippen LogP contribution >= 0.6 is 0 Å². The van der Waals surface area contributed by atoms with E-state index in [-0.39, 0.29) is 5.82 Å². The Labute approximate surface area is 106 Å². The fraction of sp³-hybridized carbons (Fsp3) is 0.214. The second-order valence-corrected chi connectivity index (χ2v) is 3.93. The van der Waals surface area contributed by atoms with Crippen molar-refractivity contribution < 1.29 is 4.39 Å². The van der Waals surface area contributed by atoms with Gasteiger partial charge in [0.2, 0.25) is 0 Å². The van der Waals surface area contributed by atoms with Crippen LogP contribution in [-0.2, 0) is 6.42 Å². The van der Waals surface area contributed by atoms with E-state index < -0.39 is 0 Å². The van der Waals surface area contributed by atoms with E-state index in [1.54, 1.807) is 12.1 Å². The first-order valence-electron chi connectivity index (χ1n) is 5.91. The van der Waals surface area contributed by atoms with Crippen molar-refractivity contribution in [3.8, 4) is 0 Å². The minimum Gasteiger partial charge on any atom is -0.373 e. The highest BCUT2D eigenvalue weighted by atomic mass is 19.1. The zero-order chi connectivity index (χ0) is 12.8. The maximum atomic E-state index is 13.4. The van der Waals surface area contributed by atoms with Gasteiger partial charge in [-0.3, -0.25) is 0 Å². The van der Waals surface area contributed by atoms with Crippen LogP contribution in [0.2, 0.25) is 0 Å². The van der Waals surface area contributed by atoms with E-state index in [2.05, 4.69) is 15.6 Å². The summed E-state index contributed by atoms with van der Waals surface area (Å²) >= 11 is 0. The molecule has 1 aromatic heterocycles. The molecule has 4 heteroatoms. The molecule has 0 radical (unpaired) electrons. The summed E-state index contributed by atoms with van der Waals surface area (Å²) in [5.41, 5.74) is 0.717. The number of aromatic nitrogens is 1. The number of hydrogen-bond acceptors (Lipinski definition) is 3. The maximum absolute atomic E-state index is 13.4. The van der Waals surface area contributed by atoms with Crippen molar-refractivity contribution in [1.29, 1.82) is 0 Å². The van der Waals surface area contributed by atoms with Crippen LogP contribution in [0.1, 0.15) is 5.56 Å². The summed E-state index contributed by atoms with van der Waals surface area (Å²) in [4.78, 5) is 4.33. The van der Waals surface area contributed by atoms with Gasteiger partial charge in [0.1, 0.15) is 17.5 Å². The summed E-state index contributed by atoms with van der Waals surface area (Å²) in [6.45, 7) is 0.654. The van der Waals surface area contributed by atoms with Gasteiger partial charge in [-0.05, 0) is 30.2 Å². The average molecular weight is 245 g/mol. The lowest BCUT2D eigenvalue weighted by Crippen LogP contribution is -2.07. The van der Waals surface area contributed by atoms with E-state index in [9.17, 15) is 4.39 Å². The molecule has 1 heterocycles. The lowest BCUT2D eigenvalue weighted by atomic mass is 10.1. The molecule has 0 aliphatic rings. The fourth-order valence-electron chi connectivity index (χ4n) is 1.70. The second kappa shape index (κ2) is 6.00. The van der Waals surface area contributed by atoms with Gasteiger partial charge in [0.15, 0.2) is 0 Å². The highest BCUT2D eigenvalue weighted by Gasteiger charge is 2.00. The molecule has 1 aromatic carbocycles. The Morgan fingerprint density at radius 1 is 1.06 bits per heavy atom. The summed E-state index contributed by atoms with van der Waals surface area (Å²) in [5.74, 6) is 1.44. The first kappa shape index (κ1) is 12.4. The largest absolute Gasteiger partial charge is 0.373 e. The SMILES string of the molecule is CNc1cccc(NCCc2ccccc2F)n1. The van der Waals surface area contributed by atoms with Gasteiger partial charge in [-0.2, -0.15) is 0 Å². The Kier molecular flexibility index (Phi) is 4.12. The number of pyridine rings is 1. The molecule has 2 aromatic rings. The van der Waals surface area contributed by atoms with Gasteiger partial charge in [-0.25, -0.2) is 9.37 Å². The van der Waals surface area contributed by atoms with Crippen molar-refractivity contribution in [1.82, 2.24) is 4.98 Å². The van der Waals surface area contributed by atoms with Crippen LogP contribution in [0.5, 0.6) is 0 Å². The van der Waals surface area contributed by atoms with Gasteiger partial charge in [0.25, 0.3) is 0 Å². The lowest BCUT2D eigenvalue weighted by Gasteiger charge is -2.07. The van der Waals surface area contributed by atoms with E-state index >= 15 is 0 Å². The molecule has 0 atom stereocenters. The standard InChI is InChI=1S/C14H16FN3/c1-16-13-7-4-8-14(18-13)17-10-9-11-5-2-3-6-12(11)15/h2-8H,9-10H2,1H3,(H2,16,17,18). The molecule has 0 saturated carbocycles. The topological polar surface area (TPSA) is 37.0 Å². The molecule has 0 bridgehead atoms. The van der Waals surface area contributed by atoms with Crippen molar-refractivity contribution in [2.24, 2.45) is 0 Å². The molecule has 0 aliphatic carbocycles. The zero-order valence-electron chi connectivity index (χ0n) is 10.3. The lowest BCUT2D eigenvalue weighted by molar-refractivity contribution is 0.610. The number of halogens is 1. The quantitative estimate of drug-likeness (QED) is 0.850. The Morgan fingerprint density at radius 2 is 1.83 bits per heavy atom. The van der Waals surface area contributed by atoms with Crippen molar-refractivity contribution in [3.63, 3.8) is 0 Å². The van der Waals surface area contributed by atoms with Crippen LogP contribution in [0.15, 0.2) is 42.5 Å². The molecule has 18 heavy (non-hydrogen) atoms. The molecule has 2 N–H and O–H groups in total. The van der Waals surface area contributed by atoms with Crippen LogP contribution in [-0.4, -0.2) is 18.6 Å². The minimum atomic E-state index is -0.156. The van der Waals surface area contributed by atoms with Gasteiger partial charge >= 0.3 is 0 Å². The number of nitrogens with zero attached hydrogens (tertiary/aromatic N) is 1. The van der Waals surface area contributed by atoms with Gasteiger partial charge < -0.3 is 10.6 Å². The molecule has 2 rings (SSSR count). The molecule has 94 valence electrons. The Morgan fingerprint density at radius 3 is 2.61 bits per heavy atom. The highest BCUT2D eigenvalue weighted by molar-refractivity contribution is 5.44. The second-order valence-electron chi connectivity index (χ2n) is 3.93. The van der Waals surface area contributed by atoms with Crippen LogP contribution in [0, 0.1) is 5.82 Å². The van der Waals surface area contributed by atoms with E-state index in [1.165, 1.54) is 6.07 Å². The Balaban J connectivity index is 1.90. The van der Waals surface area contributed by atoms with Crippen LogP contribution < -0.4 is 10.6 Å². The molecular formula is C14H16FN3. The number of rotatable bonds is 5. The zero-order valence-corrected chi connectivity index (χ0v) is 10.3. The summed E-state index contributed by atoms with van der Waals surface area (Å²) in [5, 5.41) is 6.15. The summed E-state index contributed by atoms with van der Waals surface area (Å²) in [6, 6.07) is 12.5.